The zero-order valence-corrected chi connectivity index (χ0v) is 14.2. The summed E-state index contributed by atoms with van der Waals surface area (Å²) in [5.74, 6) is -2.28. The Labute approximate surface area is 144 Å². The summed E-state index contributed by atoms with van der Waals surface area (Å²) >= 11 is 0. The van der Waals surface area contributed by atoms with E-state index in [9.17, 15) is 24.5 Å². The Morgan fingerprint density at radius 2 is 1.92 bits per heavy atom. The van der Waals surface area contributed by atoms with E-state index < -0.39 is 34.7 Å². The lowest BCUT2D eigenvalue weighted by molar-refractivity contribution is -0.384. The molecule has 1 aromatic rings. The van der Waals surface area contributed by atoms with Crippen molar-refractivity contribution in [3.63, 3.8) is 0 Å². The van der Waals surface area contributed by atoms with Crippen LogP contribution in [0.25, 0.3) is 0 Å². The highest BCUT2D eigenvalue weighted by Crippen LogP contribution is 2.15. The van der Waals surface area contributed by atoms with Crippen LogP contribution in [0.15, 0.2) is 24.3 Å². The van der Waals surface area contributed by atoms with Gasteiger partial charge in [-0.1, -0.05) is 19.1 Å². The van der Waals surface area contributed by atoms with Crippen LogP contribution in [0.3, 0.4) is 0 Å². The summed E-state index contributed by atoms with van der Waals surface area (Å²) in [4.78, 5) is 45.6. The van der Waals surface area contributed by atoms with Crippen LogP contribution in [0.4, 0.5) is 5.69 Å². The molecule has 0 aromatic heterocycles. The van der Waals surface area contributed by atoms with E-state index in [2.05, 4.69) is 14.8 Å². The van der Waals surface area contributed by atoms with Crippen molar-refractivity contribution in [2.75, 3.05) is 14.2 Å². The highest BCUT2D eigenvalue weighted by molar-refractivity contribution is 5.86. The molecule has 2 atom stereocenters. The van der Waals surface area contributed by atoms with Crippen LogP contribution in [-0.4, -0.2) is 43.0 Å². The van der Waals surface area contributed by atoms with Crippen molar-refractivity contribution in [1.29, 1.82) is 0 Å². The van der Waals surface area contributed by atoms with E-state index >= 15 is 0 Å². The number of non-ortho nitro benzene ring substituents is 1. The van der Waals surface area contributed by atoms with Crippen LogP contribution in [-0.2, 0) is 30.3 Å². The summed E-state index contributed by atoms with van der Waals surface area (Å²) in [6.45, 7) is 1.60. The second-order valence-corrected chi connectivity index (χ2v) is 5.43. The molecule has 136 valence electrons. The number of esters is 2. The average molecular weight is 352 g/mol. The Hall–Kier alpha value is -2.97. The number of ether oxygens (including phenoxy) is 2. The van der Waals surface area contributed by atoms with E-state index in [0.29, 0.717) is 5.56 Å². The maximum atomic E-state index is 12.2. The predicted octanol–water partition coefficient (Wildman–Crippen LogP) is 0.994. The third kappa shape index (κ3) is 6.21. The Bertz CT molecular complexity index is 660. The summed E-state index contributed by atoms with van der Waals surface area (Å²) in [5, 5.41) is 13.3. The first-order valence-electron chi connectivity index (χ1n) is 7.45. The van der Waals surface area contributed by atoms with E-state index in [0.717, 1.165) is 0 Å². The van der Waals surface area contributed by atoms with Crippen molar-refractivity contribution in [3.8, 4) is 0 Å². The molecule has 0 radical (unpaired) electrons. The first kappa shape index (κ1) is 20.1. The van der Waals surface area contributed by atoms with Crippen molar-refractivity contribution in [2.24, 2.45) is 5.92 Å². The Morgan fingerprint density at radius 3 is 2.48 bits per heavy atom. The van der Waals surface area contributed by atoms with Gasteiger partial charge in [0.1, 0.15) is 6.04 Å². The van der Waals surface area contributed by atoms with Crippen LogP contribution in [0, 0.1) is 16.0 Å². The smallest absolute Gasteiger partial charge is 0.328 e. The topological polar surface area (TPSA) is 125 Å². The van der Waals surface area contributed by atoms with Crippen molar-refractivity contribution >= 4 is 23.5 Å². The number of carbonyl (C=O) groups is 3. The fraction of sp³-hybridized carbons (Fsp3) is 0.438. The monoisotopic (exact) mass is 352 g/mol. The first-order chi connectivity index (χ1) is 11.8. The van der Waals surface area contributed by atoms with Crippen molar-refractivity contribution in [3.05, 3.63) is 39.9 Å². The van der Waals surface area contributed by atoms with Gasteiger partial charge in [0.15, 0.2) is 0 Å². The van der Waals surface area contributed by atoms with E-state index in [-0.39, 0.29) is 18.5 Å². The summed E-state index contributed by atoms with van der Waals surface area (Å²) in [6, 6.07) is 4.60. The first-order valence-corrected chi connectivity index (χ1v) is 7.45. The van der Waals surface area contributed by atoms with E-state index in [4.69, 9.17) is 0 Å². The number of rotatable bonds is 8. The number of nitrogens with zero attached hydrogens (tertiary/aromatic N) is 1. The quantitative estimate of drug-likeness (QED) is 0.420. The Morgan fingerprint density at radius 1 is 1.24 bits per heavy atom. The molecule has 1 aromatic carbocycles. The van der Waals surface area contributed by atoms with Crippen molar-refractivity contribution < 1.29 is 28.8 Å². The Kier molecular flexibility index (Phi) is 7.51. The molecule has 9 nitrogen and oxygen atoms in total. The highest BCUT2D eigenvalue weighted by atomic mass is 16.6. The average Bonchev–Trinajstić information content (AvgIpc) is 2.58. The molecular weight excluding hydrogens is 332 g/mol. The fourth-order valence-corrected chi connectivity index (χ4v) is 2.21. The molecule has 0 aliphatic carbocycles. The fourth-order valence-electron chi connectivity index (χ4n) is 2.21. The molecular formula is C16H20N2O7. The van der Waals surface area contributed by atoms with Gasteiger partial charge in [0.05, 0.1) is 32.0 Å². The van der Waals surface area contributed by atoms with Crippen LogP contribution in [0.1, 0.15) is 18.9 Å². The minimum absolute atomic E-state index is 0.0760. The van der Waals surface area contributed by atoms with Gasteiger partial charge in [-0.25, -0.2) is 4.79 Å². The van der Waals surface area contributed by atoms with Gasteiger partial charge in [0.2, 0.25) is 5.91 Å². The van der Waals surface area contributed by atoms with Gasteiger partial charge in [0, 0.05) is 12.1 Å². The van der Waals surface area contributed by atoms with Gasteiger partial charge >= 0.3 is 11.9 Å². The second kappa shape index (κ2) is 9.36. The van der Waals surface area contributed by atoms with Gasteiger partial charge in [0.25, 0.3) is 5.69 Å². The SMILES string of the molecule is COC(=O)C[C@H](C)[C@H](NC(=O)Cc1cccc([N+](=O)[O-])c1)C(=O)OC. The largest absolute Gasteiger partial charge is 0.469 e. The summed E-state index contributed by atoms with van der Waals surface area (Å²) in [7, 11) is 2.40. The molecule has 0 heterocycles. The lowest BCUT2D eigenvalue weighted by Gasteiger charge is -2.22. The molecule has 0 saturated heterocycles. The number of amides is 1. The van der Waals surface area contributed by atoms with E-state index in [1.807, 2.05) is 0 Å². The minimum Gasteiger partial charge on any atom is -0.469 e. The second-order valence-electron chi connectivity index (χ2n) is 5.43. The molecule has 9 heteroatoms. The van der Waals surface area contributed by atoms with Gasteiger partial charge in [-0.3, -0.25) is 19.7 Å². The van der Waals surface area contributed by atoms with E-state index in [1.165, 1.54) is 32.4 Å². The number of hydrogen-bond donors (Lipinski definition) is 1. The Balaban J connectivity index is 2.81. The maximum Gasteiger partial charge on any atom is 0.328 e. The van der Waals surface area contributed by atoms with Crippen molar-refractivity contribution in [1.82, 2.24) is 5.32 Å². The summed E-state index contributed by atoms with van der Waals surface area (Å²) < 4.78 is 9.21. The number of nitro groups is 1. The third-order valence-electron chi connectivity index (χ3n) is 3.54. The van der Waals surface area contributed by atoms with Gasteiger partial charge < -0.3 is 14.8 Å². The van der Waals surface area contributed by atoms with Gasteiger partial charge in [-0.2, -0.15) is 0 Å². The normalized spacial score (nSPS) is 12.6. The zero-order valence-electron chi connectivity index (χ0n) is 14.2. The van der Waals surface area contributed by atoms with Gasteiger partial charge in [-0.15, -0.1) is 0 Å². The van der Waals surface area contributed by atoms with Crippen LogP contribution in [0.5, 0.6) is 0 Å². The molecule has 0 unspecified atom stereocenters. The van der Waals surface area contributed by atoms with Gasteiger partial charge in [-0.05, 0) is 11.5 Å². The maximum absolute atomic E-state index is 12.2. The lowest BCUT2D eigenvalue weighted by atomic mass is 9.98. The van der Waals surface area contributed by atoms with E-state index in [1.54, 1.807) is 13.0 Å². The summed E-state index contributed by atoms with van der Waals surface area (Å²) in [5.41, 5.74) is 0.296. The molecule has 25 heavy (non-hydrogen) atoms. The molecule has 1 N–H and O–H groups in total. The molecule has 0 aliphatic rings. The molecule has 1 rings (SSSR count). The van der Waals surface area contributed by atoms with Crippen LogP contribution >= 0.6 is 0 Å². The molecule has 1 amide bonds. The number of methoxy groups -OCH3 is 2. The lowest BCUT2D eigenvalue weighted by Crippen LogP contribution is -2.46. The number of benzene rings is 1. The number of nitro benzene ring substituents is 1. The molecule has 0 bridgehead atoms. The summed E-state index contributed by atoms with van der Waals surface area (Å²) in [6.07, 6.45) is -0.229. The van der Waals surface area contributed by atoms with Crippen LogP contribution < -0.4 is 5.32 Å². The highest BCUT2D eigenvalue weighted by Gasteiger charge is 2.29. The number of hydrogen-bond acceptors (Lipinski definition) is 7. The number of nitrogens with one attached hydrogen (secondary N) is 1. The molecule has 0 saturated carbocycles. The third-order valence-corrected chi connectivity index (χ3v) is 3.54. The van der Waals surface area contributed by atoms with Crippen LogP contribution in [0.2, 0.25) is 0 Å². The van der Waals surface area contributed by atoms with Crippen molar-refractivity contribution in [2.45, 2.75) is 25.8 Å². The predicted molar refractivity (Wildman–Crippen MR) is 86.5 cm³/mol. The molecule has 0 aliphatic heterocycles. The number of carbonyl (C=O) groups excluding carboxylic acids is 3. The zero-order chi connectivity index (χ0) is 19.0. The standard InChI is InChI=1S/C16H20N2O7/c1-10(7-14(20)24-2)15(16(21)25-3)17-13(19)9-11-5-4-6-12(8-11)18(22)23/h4-6,8,10,15H,7,9H2,1-3H3,(H,17,19)/t10-,15-/m0/s1. The minimum atomic E-state index is -1.03. The molecule has 0 fully saturated rings. The molecule has 0 spiro atoms.